The van der Waals surface area contributed by atoms with Crippen molar-refractivity contribution >= 4 is 11.0 Å². The van der Waals surface area contributed by atoms with E-state index in [2.05, 4.69) is 9.97 Å². The van der Waals surface area contributed by atoms with Gasteiger partial charge >= 0.3 is 0 Å². The van der Waals surface area contributed by atoms with Crippen LogP contribution in [-0.2, 0) is 0 Å². The van der Waals surface area contributed by atoms with Crippen LogP contribution in [0.2, 0.25) is 0 Å². The first-order valence-electron chi connectivity index (χ1n) is 3.95. The van der Waals surface area contributed by atoms with E-state index in [1.165, 1.54) is 0 Å². The molecule has 0 amide bonds. The van der Waals surface area contributed by atoms with Crippen LogP contribution in [0.25, 0.3) is 11.0 Å². The molecule has 5 heteroatoms. The Labute approximate surface area is 77.4 Å². The first-order valence-corrected chi connectivity index (χ1v) is 3.95. The second kappa shape index (κ2) is 3.17. The lowest BCUT2D eigenvalue weighted by Gasteiger charge is -2.00. The Balaban J connectivity index is 2.78. The number of hydrogen-bond acceptors (Lipinski definition) is 2. The first-order chi connectivity index (χ1) is 6.68. The van der Waals surface area contributed by atoms with E-state index in [1.807, 2.05) is 0 Å². The Hall–Kier alpha value is -1.78. The van der Waals surface area contributed by atoms with Crippen LogP contribution >= 0.6 is 0 Å². The van der Waals surface area contributed by atoms with E-state index < -0.39 is 17.7 Å². The Kier molecular flexibility index (Phi) is 1.99. The van der Waals surface area contributed by atoms with Gasteiger partial charge in [0.05, 0.1) is 11.0 Å². The van der Waals surface area contributed by atoms with Gasteiger partial charge in [0.1, 0.15) is 0 Å². The maximum Gasteiger partial charge on any atom is 0.285 e. The molecule has 2 rings (SSSR count). The zero-order chi connectivity index (χ0) is 10.1. The molecule has 1 aromatic heterocycles. The van der Waals surface area contributed by atoms with Gasteiger partial charge in [-0.3, -0.25) is 4.79 Å². The van der Waals surface area contributed by atoms with E-state index in [9.17, 15) is 13.6 Å². The summed E-state index contributed by atoms with van der Waals surface area (Å²) in [6, 6.07) is 6.54. The van der Waals surface area contributed by atoms with Crippen LogP contribution in [0.1, 0.15) is 12.1 Å². The van der Waals surface area contributed by atoms with Crippen molar-refractivity contribution in [3.8, 4) is 0 Å². The number of aromatic amines is 1. The Bertz CT molecular complexity index is 521. The molecule has 0 aliphatic rings. The normalized spacial score (nSPS) is 11.1. The molecule has 1 N–H and O–H groups in total. The fourth-order valence-electron chi connectivity index (χ4n) is 1.19. The zero-order valence-corrected chi connectivity index (χ0v) is 7.00. The van der Waals surface area contributed by atoms with Crippen molar-refractivity contribution < 1.29 is 8.78 Å². The monoisotopic (exact) mass is 196 g/mol. The van der Waals surface area contributed by atoms with Gasteiger partial charge < -0.3 is 4.98 Å². The van der Waals surface area contributed by atoms with E-state index in [-0.39, 0.29) is 0 Å². The molecule has 3 nitrogen and oxygen atoms in total. The van der Waals surface area contributed by atoms with Gasteiger partial charge in [0, 0.05) is 0 Å². The van der Waals surface area contributed by atoms with Gasteiger partial charge in [-0.15, -0.1) is 0 Å². The highest BCUT2D eigenvalue weighted by molar-refractivity contribution is 5.73. The number of benzene rings is 1. The highest BCUT2D eigenvalue weighted by Gasteiger charge is 2.14. The van der Waals surface area contributed by atoms with Crippen molar-refractivity contribution in [1.29, 1.82) is 0 Å². The second-order valence-corrected chi connectivity index (χ2v) is 2.77. The van der Waals surface area contributed by atoms with Crippen molar-refractivity contribution in [2.75, 3.05) is 0 Å². The molecule has 1 aromatic carbocycles. The number of alkyl halides is 2. The molecule has 0 saturated heterocycles. The van der Waals surface area contributed by atoms with Crippen LogP contribution in [0.5, 0.6) is 0 Å². The molecule has 0 atom stereocenters. The molecule has 1 heterocycles. The lowest BCUT2D eigenvalue weighted by atomic mass is 10.3. The molecule has 0 aliphatic carbocycles. The Morgan fingerprint density at radius 1 is 1.29 bits per heavy atom. The summed E-state index contributed by atoms with van der Waals surface area (Å²) in [5, 5.41) is 0. The van der Waals surface area contributed by atoms with Crippen LogP contribution in [0.15, 0.2) is 29.1 Å². The molecule has 0 bridgehead atoms. The number of rotatable bonds is 1. The molecular weight excluding hydrogens is 190 g/mol. The number of hydrogen-bond donors (Lipinski definition) is 1. The third-order valence-electron chi connectivity index (χ3n) is 1.83. The topological polar surface area (TPSA) is 45.8 Å². The number of halogens is 2. The van der Waals surface area contributed by atoms with E-state index in [1.54, 1.807) is 24.3 Å². The summed E-state index contributed by atoms with van der Waals surface area (Å²) in [4.78, 5) is 17.0. The summed E-state index contributed by atoms with van der Waals surface area (Å²) >= 11 is 0. The molecule has 0 spiro atoms. The van der Waals surface area contributed by atoms with E-state index in [0.29, 0.717) is 11.0 Å². The average Bonchev–Trinajstić information content (AvgIpc) is 2.16. The minimum absolute atomic E-state index is 0.363. The number of aromatic nitrogens is 2. The minimum Gasteiger partial charge on any atom is -0.319 e. The fraction of sp³-hybridized carbons (Fsp3) is 0.111. The quantitative estimate of drug-likeness (QED) is 0.756. The number of nitrogens with one attached hydrogen (secondary N) is 1. The third kappa shape index (κ3) is 1.37. The van der Waals surface area contributed by atoms with E-state index in [0.717, 1.165) is 0 Å². The van der Waals surface area contributed by atoms with Gasteiger partial charge in [0.15, 0.2) is 5.69 Å². The third-order valence-corrected chi connectivity index (χ3v) is 1.83. The lowest BCUT2D eigenvalue weighted by molar-refractivity contribution is 0.144. The van der Waals surface area contributed by atoms with Crippen molar-refractivity contribution in [1.82, 2.24) is 9.97 Å². The lowest BCUT2D eigenvalue weighted by Crippen LogP contribution is -2.15. The van der Waals surface area contributed by atoms with Crippen LogP contribution < -0.4 is 5.56 Å². The maximum absolute atomic E-state index is 12.3. The van der Waals surface area contributed by atoms with Gasteiger partial charge in [-0.05, 0) is 12.1 Å². The van der Waals surface area contributed by atoms with Gasteiger partial charge in [-0.2, -0.15) is 0 Å². The van der Waals surface area contributed by atoms with Crippen LogP contribution in [0, 0.1) is 0 Å². The van der Waals surface area contributed by atoms with Crippen molar-refractivity contribution in [2.45, 2.75) is 6.43 Å². The average molecular weight is 196 g/mol. The molecule has 0 aliphatic heterocycles. The van der Waals surface area contributed by atoms with Gasteiger partial charge in [0.2, 0.25) is 0 Å². The summed E-state index contributed by atoms with van der Waals surface area (Å²) in [5.41, 5.74) is -0.744. The molecule has 0 radical (unpaired) electrons. The molecule has 2 aromatic rings. The van der Waals surface area contributed by atoms with Crippen LogP contribution in [0.4, 0.5) is 8.78 Å². The highest BCUT2D eigenvalue weighted by atomic mass is 19.3. The predicted molar refractivity (Wildman–Crippen MR) is 47.3 cm³/mol. The van der Waals surface area contributed by atoms with Crippen LogP contribution in [-0.4, -0.2) is 9.97 Å². The van der Waals surface area contributed by atoms with Gasteiger partial charge in [-0.1, -0.05) is 12.1 Å². The van der Waals surface area contributed by atoms with Gasteiger partial charge in [0.25, 0.3) is 12.0 Å². The maximum atomic E-state index is 12.3. The summed E-state index contributed by atoms with van der Waals surface area (Å²) in [6.45, 7) is 0. The second-order valence-electron chi connectivity index (χ2n) is 2.77. The molecule has 0 fully saturated rings. The summed E-state index contributed by atoms with van der Waals surface area (Å²) in [5.74, 6) is 0. The SMILES string of the molecule is O=c1[nH]c2ccccc2nc1C(F)F. The summed E-state index contributed by atoms with van der Waals surface area (Å²) in [6.07, 6.45) is -2.84. The van der Waals surface area contributed by atoms with Crippen LogP contribution in [0.3, 0.4) is 0 Å². The van der Waals surface area contributed by atoms with Crippen molar-refractivity contribution in [3.05, 3.63) is 40.3 Å². The molecule has 72 valence electrons. The highest BCUT2D eigenvalue weighted by Crippen LogP contribution is 2.14. The van der Waals surface area contributed by atoms with E-state index in [4.69, 9.17) is 0 Å². The molecule has 0 unspecified atom stereocenters. The smallest absolute Gasteiger partial charge is 0.285 e. The molecular formula is C9H6F2N2O. The number of H-pyrrole nitrogens is 1. The minimum atomic E-state index is -2.84. The fourth-order valence-corrected chi connectivity index (χ4v) is 1.19. The Morgan fingerprint density at radius 2 is 2.00 bits per heavy atom. The first kappa shape index (κ1) is 8.80. The number of nitrogens with zero attached hydrogens (tertiary/aromatic N) is 1. The molecule has 14 heavy (non-hydrogen) atoms. The largest absolute Gasteiger partial charge is 0.319 e. The Morgan fingerprint density at radius 3 is 2.71 bits per heavy atom. The number of fused-ring (bicyclic) bond motifs is 1. The predicted octanol–water partition coefficient (Wildman–Crippen LogP) is 1.86. The molecule has 0 saturated carbocycles. The van der Waals surface area contributed by atoms with Crippen molar-refractivity contribution in [3.63, 3.8) is 0 Å². The number of para-hydroxylation sites is 2. The zero-order valence-electron chi connectivity index (χ0n) is 7.00. The standard InChI is InChI=1S/C9H6F2N2O/c10-8(11)7-9(14)13-6-4-2-1-3-5(6)12-7/h1-4,8H,(H,13,14). The summed E-state index contributed by atoms with van der Waals surface area (Å²) in [7, 11) is 0. The van der Waals surface area contributed by atoms with E-state index >= 15 is 0 Å². The van der Waals surface area contributed by atoms with Gasteiger partial charge in [-0.25, -0.2) is 13.8 Å². The van der Waals surface area contributed by atoms with Crippen molar-refractivity contribution in [2.24, 2.45) is 0 Å². The summed E-state index contributed by atoms with van der Waals surface area (Å²) < 4.78 is 24.5.